The summed E-state index contributed by atoms with van der Waals surface area (Å²) in [5.74, 6) is 1.43. The van der Waals surface area contributed by atoms with Crippen LogP contribution in [0.1, 0.15) is 11.1 Å². The van der Waals surface area contributed by atoms with Gasteiger partial charge in [0.15, 0.2) is 0 Å². The summed E-state index contributed by atoms with van der Waals surface area (Å²) in [7, 11) is 3.13. The highest BCUT2D eigenvalue weighted by atomic mass is 16.5. The van der Waals surface area contributed by atoms with E-state index in [1.807, 2.05) is 0 Å². The van der Waals surface area contributed by atoms with Crippen LogP contribution in [0.15, 0.2) is 42.5 Å². The number of nitriles is 1. The summed E-state index contributed by atoms with van der Waals surface area (Å²) in [5, 5.41) is 18.7. The number of ether oxygens (including phenoxy) is 2. The summed E-state index contributed by atoms with van der Waals surface area (Å²) >= 11 is 0. The number of hydrogen-bond donors (Lipinski definition) is 1. The lowest BCUT2D eigenvalue weighted by atomic mass is 10.0. The first-order chi connectivity index (χ1) is 10.2. The quantitative estimate of drug-likeness (QED) is 0.688. The van der Waals surface area contributed by atoms with Crippen molar-refractivity contribution in [1.29, 1.82) is 5.26 Å². The molecule has 0 aromatic heterocycles. The number of hydrogen-bond acceptors (Lipinski definition) is 4. The highest BCUT2D eigenvalue weighted by Crippen LogP contribution is 2.28. The second-order valence-electron chi connectivity index (χ2n) is 4.36. The molecule has 0 aliphatic rings. The molecule has 2 rings (SSSR count). The Morgan fingerprint density at radius 3 is 2.10 bits per heavy atom. The molecule has 1 N–H and O–H groups in total. The first kappa shape index (κ1) is 14.5. The number of allylic oxidation sites excluding steroid dienone is 1. The van der Waals surface area contributed by atoms with Crippen molar-refractivity contribution in [3.8, 4) is 23.3 Å². The van der Waals surface area contributed by atoms with Crippen molar-refractivity contribution in [3.05, 3.63) is 53.6 Å². The maximum Gasteiger partial charge on any atom is 0.123 e. The van der Waals surface area contributed by atoms with Crippen molar-refractivity contribution in [2.45, 2.75) is 0 Å². The molecule has 0 saturated heterocycles. The predicted molar refractivity (Wildman–Crippen MR) is 81.1 cm³/mol. The van der Waals surface area contributed by atoms with Crippen LogP contribution in [0.2, 0.25) is 0 Å². The van der Waals surface area contributed by atoms with E-state index in [0.717, 1.165) is 5.56 Å². The van der Waals surface area contributed by atoms with Crippen LogP contribution < -0.4 is 9.47 Å². The lowest BCUT2D eigenvalue weighted by Crippen LogP contribution is -1.90. The highest BCUT2D eigenvalue weighted by Gasteiger charge is 2.07. The third-order valence-electron chi connectivity index (χ3n) is 2.99. The Balaban J connectivity index is 2.46. The van der Waals surface area contributed by atoms with Gasteiger partial charge in [-0.25, -0.2) is 0 Å². The van der Waals surface area contributed by atoms with Gasteiger partial charge >= 0.3 is 0 Å². The van der Waals surface area contributed by atoms with Crippen LogP contribution in [0.4, 0.5) is 0 Å². The molecule has 0 aliphatic carbocycles. The van der Waals surface area contributed by atoms with Crippen molar-refractivity contribution in [1.82, 2.24) is 0 Å². The Morgan fingerprint density at radius 2 is 1.62 bits per heavy atom. The van der Waals surface area contributed by atoms with Crippen LogP contribution in [-0.4, -0.2) is 19.3 Å². The topological polar surface area (TPSA) is 62.5 Å². The first-order valence-corrected chi connectivity index (χ1v) is 6.30. The van der Waals surface area contributed by atoms with Crippen LogP contribution in [-0.2, 0) is 0 Å². The number of aromatic hydroxyl groups is 1. The zero-order valence-electron chi connectivity index (χ0n) is 11.8. The SMILES string of the molecule is COc1cc(OC)cc(/C(C#N)=C/c2ccc(O)cc2)c1. The fourth-order valence-corrected chi connectivity index (χ4v) is 1.88. The first-order valence-electron chi connectivity index (χ1n) is 6.30. The Morgan fingerprint density at radius 1 is 1.05 bits per heavy atom. The van der Waals surface area contributed by atoms with E-state index in [4.69, 9.17) is 9.47 Å². The molecule has 0 atom stereocenters. The normalized spacial score (nSPS) is 10.8. The molecule has 0 amide bonds. The second kappa shape index (κ2) is 6.49. The number of phenols is 1. The van der Waals surface area contributed by atoms with Gasteiger partial charge in [0.2, 0.25) is 0 Å². The molecule has 0 bridgehead atoms. The largest absolute Gasteiger partial charge is 0.508 e. The van der Waals surface area contributed by atoms with Crippen molar-refractivity contribution >= 4 is 11.6 Å². The minimum atomic E-state index is 0.189. The zero-order valence-corrected chi connectivity index (χ0v) is 11.8. The molecule has 0 aliphatic heterocycles. The fourth-order valence-electron chi connectivity index (χ4n) is 1.88. The minimum absolute atomic E-state index is 0.189. The van der Waals surface area contributed by atoms with Crippen molar-refractivity contribution in [3.63, 3.8) is 0 Å². The summed E-state index contributed by atoms with van der Waals surface area (Å²) in [5.41, 5.74) is 2.02. The van der Waals surface area contributed by atoms with Gasteiger partial charge < -0.3 is 14.6 Å². The van der Waals surface area contributed by atoms with Gasteiger partial charge in [0, 0.05) is 6.07 Å². The van der Waals surface area contributed by atoms with E-state index >= 15 is 0 Å². The summed E-state index contributed by atoms with van der Waals surface area (Å²) in [6.45, 7) is 0. The van der Waals surface area contributed by atoms with Gasteiger partial charge in [0.1, 0.15) is 17.2 Å². The van der Waals surface area contributed by atoms with Gasteiger partial charge in [-0.3, -0.25) is 0 Å². The van der Waals surface area contributed by atoms with E-state index < -0.39 is 0 Å². The summed E-state index contributed by atoms with van der Waals surface area (Å²) in [4.78, 5) is 0. The van der Waals surface area contributed by atoms with Crippen molar-refractivity contribution < 1.29 is 14.6 Å². The Labute approximate surface area is 123 Å². The van der Waals surface area contributed by atoms with E-state index in [1.165, 1.54) is 0 Å². The molecule has 21 heavy (non-hydrogen) atoms. The Kier molecular flexibility index (Phi) is 4.47. The third kappa shape index (κ3) is 3.54. The summed E-state index contributed by atoms with van der Waals surface area (Å²) < 4.78 is 10.4. The minimum Gasteiger partial charge on any atom is -0.508 e. The van der Waals surface area contributed by atoms with E-state index in [0.29, 0.717) is 22.6 Å². The monoisotopic (exact) mass is 281 g/mol. The van der Waals surface area contributed by atoms with Crippen LogP contribution >= 0.6 is 0 Å². The predicted octanol–water partition coefficient (Wildman–Crippen LogP) is 3.47. The molecule has 0 radical (unpaired) electrons. The van der Waals surface area contributed by atoms with E-state index in [9.17, 15) is 10.4 Å². The van der Waals surface area contributed by atoms with Gasteiger partial charge in [-0.05, 0) is 41.5 Å². The summed E-state index contributed by atoms with van der Waals surface area (Å²) in [6.07, 6.45) is 1.74. The Bertz CT molecular complexity index is 675. The molecule has 4 nitrogen and oxygen atoms in total. The highest BCUT2D eigenvalue weighted by molar-refractivity contribution is 5.90. The number of rotatable bonds is 4. The third-order valence-corrected chi connectivity index (χ3v) is 2.99. The maximum atomic E-state index is 9.37. The van der Waals surface area contributed by atoms with Crippen LogP contribution in [0.3, 0.4) is 0 Å². The molecular formula is C17H15NO3. The van der Waals surface area contributed by atoms with Crippen LogP contribution in [0.5, 0.6) is 17.2 Å². The van der Waals surface area contributed by atoms with E-state index in [1.54, 1.807) is 62.8 Å². The van der Waals surface area contributed by atoms with Gasteiger partial charge in [0.25, 0.3) is 0 Å². The number of benzene rings is 2. The number of nitrogens with zero attached hydrogens (tertiary/aromatic N) is 1. The van der Waals surface area contributed by atoms with Crippen LogP contribution in [0, 0.1) is 11.3 Å². The van der Waals surface area contributed by atoms with E-state index in [-0.39, 0.29) is 5.75 Å². The molecular weight excluding hydrogens is 266 g/mol. The van der Waals surface area contributed by atoms with Gasteiger partial charge in [-0.1, -0.05) is 12.1 Å². The molecule has 0 heterocycles. The summed E-state index contributed by atoms with van der Waals surface area (Å²) in [6, 6.07) is 14.1. The molecule has 0 unspecified atom stereocenters. The zero-order chi connectivity index (χ0) is 15.2. The molecule has 0 spiro atoms. The van der Waals surface area contributed by atoms with Crippen molar-refractivity contribution in [2.24, 2.45) is 0 Å². The van der Waals surface area contributed by atoms with Gasteiger partial charge in [-0.2, -0.15) is 5.26 Å². The maximum absolute atomic E-state index is 9.37. The number of methoxy groups -OCH3 is 2. The van der Waals surface area contributed by atoms with E-state index in [2.05, 4.69) is 6.07 Å². The Hall–Kier alpha value is -2.93. The smallest absolute Gasteiger partial charge is 0.123 e. The van der Waals surface area contributed by atoms with Crippen molar-refractivity contribution in [2.75, 3.05) is 14.2 Å². The molecule has 0 saturated carbocycles. The molecule has 2 aromatic carbocycles. The molecule has 4 heteroatoms. The molecule has 2 aromatic rings. The molecule has 0 fully saturated rings. The van der Waals surface area contributed by atoms with Crippen LogP contribution in [0.25, 0.3) is 11.6 Å². The average Bonchev–Trinajstić information content (AvgIpc) is 2.53. The lowest BCUT2D eigenvalue weighted by Gasteiger charge is -2.08. The second-order valence-corrected chi connectivity index (χ2v) is 4.36. The fraction of sp³-hybridized carbons (Fsp3) is 0.118. The average molecular weight is 281 g/mol. The number of phenolic OH excluding ortho intramolecular Hbond substituents is 1. The lowest BCUT2D eigenvalue weighted by molar-refractivity contribution is 0.394. The van der Waals surface area contributed by atoms with Gasteiger partial charge in [-0.15, -0.1) is 0 Å². The van der Waals surface area contributed by atoms with Gasteiger partial charge in [0.05, 0.1) is 25.9 Å². The standard InChI is InChI=1S/C17H15NO3/c1-20-16-8-13(9-17(10-16)21-2)14(11-18)7-12-3-5-15(19)6-4-12/h3-10,19H,1-2H3/b14-7+. The molecule has 106 valence electrons.